The zero-order valence-electron chi connectivity index (χ0n) is 14.8. The monoisotopic (exact) mass is 350 g/mol. The van der Waals surface area contributed by atoms with Crippen molar-refractivity contribution < 1.29 is 9.66 Å². The molecule has 0 saturated carbocycles. The van der Waals surface area contributed by atoms with E-state index in [0.29, 0.717) is 24.8 Å². The van der Waals surface area contributed by atoms with Gasteiger partial charge in [0.1, 0.15) is 0 Å². The third kappa shape index (κ3) is 3.28. The van der Waals surface area contributed by atoms with Gasteiger partial charge in [0.2, 0.25) is 0 Å². The van der Waals surface area contributed by atoms with E-state index in [4.69, 9.17) is 4.74 Å². The van der Waals surface area contributed by atoms with Crippen molar-refractivity contribution in [2.24, 2.45) is 0 Å². The molecule has 0 aromatic heterocycles. The number of nitro groups is 1. The van der Waals surface area contributed by atoms with Crippen LogP contribution < -0.4 is 0 Å². The zero-order valence-corrected chi connectivity index (χ0v) is 14.8. The fourth-order valence-electron chi connectivity index (χ4n) is 3.92. The summed E-state index contributed by atoms with van der Waals surface area (Å²) in [5.41, 5.74) is 4.34. The molecule has 2 aliphatic heterocycles. The van der Waals surface area contributed by atoms with Crippen LogP contribution in [-0.2, 0) is 11.3 Å². The van der Waals surface area contributed by atoms with Crippen LogP contribution in [0.1, 0.15) is 23.1 Å². The van der Waals surface area contributed by atoms with Gasteiger partial charge in [-0.1, -0.05) is 48.5 Å². The minimum atomic E-state index is -0.298. The third-order valence-electron chi connectivity index (χ3n) is 5.33. The quantitative estimate of drug-likeness (QED) is 0.619. The maximum Gasteiger partial charge on any atom is 0.272 e. The fourth-order valence-corrected chi connectivity index (χ4v) is 3.92. The summed E-state index contributed by atoms with van der Waals surface area (Å²) in [7, 11) is 0. The molecular formula is C21H22N2O3. The van der Waals surface area contributed by atoms with Gasteiger partial charge in [0.05, 0.1) is 24.2 Å². The van der Waals surface area contributed by atoms with Gasteiger partial charge in [0.15, 0.2) is 0 Å². The molecular weight excluding hydrogens is 328 g/mol. The molecule has 2 aliphatic rings. The van der Waals surface area contributed by atoms with E-state index in [9.17, 15) is 10.1 Å². The molecule has 0 spiro atoms. The Morgan fingerprint density at radius 2 is 2.00 bits per heavy atom. The summed E-state index contributed by atoms with van der Waals surface area (Å²) in [4.78, 5) is 13.5. The summed E-state index contributed by atoms with van der Waals surface area (Å²) < 4.78 is 5.78. The first-order valence-electron chi connectivity index (χ1n) is 8.95. The second kappa shape index (κ2) is 7.02. The summed E-state index contributed by atoms with van der Waals surface area (Å²) in [6, 6.07) is 16.5. The van der Waals surface area contributed by atoms with Gasteiger partial charge in [-0.25, -0.2) is 0 Å². The minimum Gasteiger partial charge on any atom is -0.378 e. The molecule has 0 N–H and O–H groups in total. The Kier molecular flexibility index (Phi) is 4.57. The Hall–Kier alpha value is -2.50. The van der Waals surface area contributed by atoms with Gasteiger partial charge in [-0.3, -0.25) is 15.0 Å². The minimum absolute atomic E-state index is 0.191. The molecule has 2 bridgehead atoms. The second-order valence-electron chi connectivity index (χ2n) is 7.07. The predicted octanol–water partition coefficient (Wildman–Crippen LogP) is 3.96. The van der Waals surface area contributed by atoms with E-state index in [0.717, 1.165) is 18.5 Å². The predicted molar refractivity (Wildman–Crippen MR) is 101 cm³/mol. The van der Waals surface area contributed by atoms with E-state index in [1.807, 2.05) is 18.2 Å². The van der Waals surface area contributed by atoms with Crippen LogP contribution in [0.15, 0.2) is 54.6 Å². The van der Waals surface area contributed by atoms with Crippen molar-refractivity contribution in [3.63, 3.8) is 0 Å². The van der Waals surface area contributed by atoms with Crippen LogP contribution in [-0.4, -0.2) is 35.1 Å². The number of ether oxygens (including phenoxy) is 1. The fraction of sp³-hybridized carbons (Fsp3) is 0.333. The van der Waals surface area contributed by atoms with Crippen molar-refractivity contribution in [2.45, 2.75) is 32.0 Å². The molecule has 26 heavy (non-hydrogen) atoms. The lowest BCUT2D eigenvalue weighted by atomic mass is 9.89. The number of morpholine rings is 1. The van der Waals surface area contributed by atoms with Gasteiger partial charge in [-0.05, 0) is 30.0 Å². The Morgan fingerprint density at radius 3 is 2.73 bits per heavy atom. The van der Waals surface area contributed by atoms with E-state index in [1.54, 1.807) is 13.0 Å². The van der Waals surface area contributed by atoms with Crippen LogP contribution in [0.3, 0.4) is 0 Å². The topological polar surface area (TPSA) is 55.6 Å². The van der Waals surface area contributed by atoms with Crippen LogP contribution in [0, 0.1) is 17.0 Å². The molecule has 1 fully saturated rings. The van der Waals surface area contributed by atoms with Gasteiger partial charge in [-0.2, -0.15) is 0 Å². The van der Waals surface area contributed by atoms with Crippen molar-refractivity contribution >= 4 is 11.3 Å². The van der Waals surface area contributed by atoms with Gasteiger partial charge in [0, 0.05) is 24.2 Å². The van der Waals surface area contributed by atoms with Crippen molar-refractivity contribution in [3.05, 3.63) is 81.4 Å². The molecule has 0 radical (unpaired) electrons. The van der Waals surface area contributed by atoms with E-state index in [2.05, 4.69) is 35.2 Å². The van der Waals surface area contributed by atoms with E-state index in [1.165, 1.54) is 11.1 Å². The molecule has 1 saturated heterocycles. The Balaban J connectivity index is 1.62. The number of nitrogens with zero attached hydrogens (tertiary/aromatic N) is 2. The summed E-state index contributed by atoms with van der Waals surface area (Å²) in [6.45, 7) is 4.05. The van der Waals surface area contributed by atoms with Crippen LogP contribution in [0.5, 0.6) is 0 Å². The molecule has 2 unspecified atom stereocenters. The molecule has 134 valence electrons. The third-order valence-corrected chi connectivity index (χ3v) is 5.33. The van der Waals surface area contributed by atoms with Crippen LogP contribution in [0.4, 0.5) is 5.69 Å². The maximum atomic E-state index is 11.3. The molecule has 2 heterocycles. The number of benzene rings is 2. The van der Waals surface area contributed by atoms with Gasteiger partial charge in [0.25, 0.3) is 5.69 Å². The maximum absolute atomic E-state index is 11.3. The molecule has 4 rings (SSSR count). The van der Waals surface area contributed by atoms with Crippen molar-refractivity contribution in [1.82, 2.24) is 4.90 Å². The highest BCUT2D eigenvalue weighted by Crippen LogP contribution is 2.35. The van der Waals surface area contributed by atoms with Crippen LogP contribution >= 0.6 is 0 Å². The van der Waals surface area contributed by atoms with Crippen molar-refractivity contribution in [2.75, 3.05) is 13.2 Å². The lowest BCUT2D eigenvalue weighted by Crippen LogP contribution is -2.53. The first-order chi connectivity index (χ1) is 12.6. The number of hydrogen-bond donors (Lipinski definition) is 0. The average molecular weight is 350 g/mol. The standard InChI is InChI=1S/C21H22N2O3/c1-15-7-8-17(11-21(15)23(24)25)18-9-19-13-26-14-20(10-18)22(19)12-16-5-3-2-4-6-16/h2-9,11,19-20H,10,12-14H2,1H3. The summed E-state index contributed by atoms with van der Waals surface area (Å²) >= 11 is 0. The number of aryl methyl sites for hydroxylation is 1. The average Bonchev–Trinajstić information content (AvgIpc) is 2.62. The number of fused-ring (bicyclic) bond motifs is 2. The molecule has 5 nitrogen and oxygen atoms in total. The summed E-state index contributed by atoms with van der Waals surface area (Å²) in [6.07, 6.45) is 3.08. The highest BCUT2D eigenvalue weighted by Gasteiger charge is 2.35. The molecule has 0 amide bonds. The van der Waals surface area contributed by atoms with E-state index in [-0.39, 0.29) is 16.7 Å². The lowest BCUT2D eigenvalue weighted by Gasteiger charge is -2.44. The van der Waals surface area contributed by atoms with Crippen molar-refractivity contribution in [1.29, 1.82) is 0 Å². The lowest BCUT2D eigenvalue weighted by molar-refractivity contribution is -0.385. The molecule has 5 heteroatoms. The largest absolute Gasteiger partial charge is 0.378 e. The van der Waals surface area contributed by atoms with Crippen molar-refractivity contribution in [3.8, 4) is 0 Å². The molecule has 2 aromatic rings. The van der Waals surface area contributed by atoms with Crippen LogP contribution in [0.25, 0.3) is 5.57 Å². The second-order valence-corrected chi connectivity index (χ2v) is 7.07. The van der Waals surface area contributed by atoms with E-state index < -0.39 is 0 Å². The Morgan fingerprint density at radius 1 is 1.19 bits per heavy atom. The summed E-state index contributed by atoms with van der Waals surface area (Å²) in [5.74, 6) is 0. The molecule has 0 aliphatic carbocycles. The molecule has 2 atom stereocenters. The normalized spacial score (nSPS) is 22.7. The highest BCUT2D eigenvalue weighted by molar-refractivity contribution is 5.70. The smallest absolute Gasteiger partial charge is 0.272 e. The van der Waals surface area contributed by atoms with Gasteiger partial charge < -0.3 is 4.74 Å². The van der Waals surface area contributed by atoms with Gasteiger partial charge >= 0.3 is 0 Å². The molecule has 2 aromatic carbocycles. The Labute approximate surface area is 153 Å². The highest BCUT2D eigenvalue weighted by atomic mass is 16.6. The number of nitro benzene ring substituents is 1. The first-order valence-corrected chi connectivity index (χ1v) is 8.95. The number of rotatable bonds is 4. The number of hydrogen-bond acceptors (Lipinski definition) is 4. The Bertz CT molecular complexity index is 848. The SMILES string of the molecule is Cc1ccc(C2=CC3COCC(C2)N3Cc2ccccc2)cc1[N+](=O)[O-]. The zero-order chi connectivity index (χ0) is 18.1. The van der Waals surface area contributed by atoms with Crippen LogP contribution in [0.2, 0.25) is 0 Å². The van der Waals surface area contributed by atoms with Gasteiger partial charge in [-0.15, -0.1) is 0 Å². The first kappa shape index (κ1) is 16.9. The summed E-state index contributed by atoms with van der Waals surface area (Å²) in [5, 5.41) is 11.3. The van der Waals surface area contributed by atoms with E-state index >= 15 is 0 Å².